The van der Waals surface area contributed by atoms with Crippen molar-refractivity contribution < 1.29 is 4.84 Å². The molecule has 24 heavy (non-hydrogen) atoms. The van der Waals surface area contributed by atoms with Crippen molar-refractivity contribution in [2.45, 2.75) is 43.0 Å². The molecule has 4 heteroatoms. The first-order chi connectivity index (χ1) is 11.5. The van der Waals surface area contributed by atoms with Gasteiger partial charge in [0.15, 0.2) is 0 Å². The van der Waals surface area contributed by atoms with E-state index >= 15 is 0 Å². The molecular weight excluding hydrogens is 377 g/mol. The van der Waals surface area contributed by atoms with E-state index in [4.69, 9.17) is 4.84 Å². The van der Waals surface area contributed by atoms with Crippen molar-refractivity contribution >= 4 is 33.2 Å². The van der Waals surface area contributed by atoms with Crippen molar-refractivity contribution in [1.82, 2.24) is 0 Å². The Kier molecular flexibility index (Phi) is 5.60. The molecule has 1 aliphatic rings. The van der Waals surface area contributed by atoms with E-state index in [9.17, 15) is 0 Å². The molecule has 0 saturated carbocycles. The van der Waals surface area contributed by atoms with Gasteiger partial charge in [0, 0.05) is 0 Å². The molecule has 126 valence electrons. The van der Waals surface area contributed by atoms with Gasteiger partial charge >= 0.3 is 152 Å². The fourth-order valence-corrected chi connectivity index (χ4v) is 7.22. The minimum absolute atomic E-state index is 0.278. The van der Waals surface area contributed by atoms with Gasteiger partial charge in [0.25, 0.3) is 0 Å². The van der Waals surface area contributed by atoms with Crippen LogP contribution in [0.3, 0.4) is 0 Å². The summed E-state index contributed by atoms with van der Waals surface area (Å²) in [5.41, 5.74) is 2.33. The van der Waals surface area contributed by atoms with E-state index in [1.807, 2.05) is 0 Å². The molecule has 2 aromatic rings. The third-order valence-electron chi connectivity index (χ3n) is 4.01. The number of nitrogens with zero attached hydrogens (tertiary/aromatic N) is 1. The number of benzene rings is 2. The maximum absolute atomic E-state index is 5.92. The molecule has 0 saturated heterocycles. The third kappa shape index (κ3) is 4.82. The van der Waals surface area contributed by atoms with Gasteiger partial charge in [-0.05, 0) is 0 Å². The third-order valence-corrected chi connectivity index (χ3v) is 8.30. The van der Waals surface area contributed by atoms with Crippen LogP contribution in [0.1, 0.15) is 12.0 Å². The monoisotopic (exact) mass is 403 g/mol. The van der Waals surface area contributed by atoms with Gasteiger partial charge in [0.2, 0.25) is 0 Å². The predicted octanol–water partition coefficient (Wildman–Crippen LogP) is 4.34. The van der Waals surface area contributed by atoms with Gasteiger partial charge in [-0.2, -0.15) is 0 Å². The number of rotatable bonds is 5. The van der Waals surface area contributed by atoms with Crippen LogP contribution >= 0.6 is 0 Å². The van der Waals surface area contributed by atoms with E-state index in [2.05, 4.69) is 85.5 Å². The Morgan fingerprint density at radius 3 is 2.25 bits per heavy atom. The van der Waals surface area contributed by atoms with Gasteiger partial charge in [0.1, 0.15) is 0 Å². The molecule has 0 radical (unpaired) electrons. The van der Waals surface area contributed by atoms with E-state index in [1.54, 1.807) is 0 Å². The van der Waals surface area contributed by atoms with E-state index < -0.39 is 8.07 Å². The molecule has 0 bridgehead atoms. The SMILES string of the molecule is C[Si](C)(C)C[C@H]1C[C@H]([Se]c2ccccc2)C(c2ccccc2)=NO1. The molecule has 0 aliphatic carbocycles. The van der Waals surface area contributed by atoms with Crippen LogP contribution in [-0.4, -0.2) is 34.8 Å². The summed E-state index contributed by atoms with van der Waals surface area (Å²) < 4.78 is 1.44. The molecule has 2 aromatic carbocycles. The van der Waals surface area contributed by atoms with Crippen molar-refractivity contribution in [2.24, 2.45) is 5.16 Å². The maximum atomic E-state index is 5.92. The average molecular weight is 402 g/mol. The van der Waals surface area contributed by atoms with Gasteiger partial charge in [0.05, 0.1) is 0 Å². The minimum atomic E-state index is -1.15. The Bertz CT molecular complexity index is 682. The van der Waals surface area contributed by atoms with E-state index in [-0.39, 0.29) is 6.10 Å². The summed E-state index contributed by atoms with van der Waals surface area (Å²) in [6.45, 7) is 7.22. The molecule has 0 N–H and O–H groups in total. The quantitative estimate of drug-likeness (QED) is 0.682. The predicted molar refractivity (Wildman–Crippen MR) is 106 cm³/mol. The molecule has 0 aromatic heterocycles. The molecule has 1 aliphatic heterocycles. The second-order valence-electron chi connectivity index (χ2n) is 7.49. The van der Waals surface area contributed by atoms with Crippen LogP contribution in [0.15, 0.2) is 65.8 Å². The van der Waals surface area contributed by atoms with Crippen LogP contribution in [0.4, 0.5) is 0 Å². The van der Waals surface area contributed by atoms with Crippen LogP contribution in [0.2, 0.25) is 30.5 Å². The summed E-state index contributed by atoms with van der Waals surface area (Å²) in [5.74, 6) is 0. The first-order valence-corrected chi connectivity index (χ1v) is 14.1. The van der Waals surface area contributed by atoms with E-state index in [0.29, 0.717) is 19.8 Å². The average Bonchev–Trinajstić information content (AvgIpc) is 2.55. The number of hydrogen-bond donors (Lipinski definition) is 0. The Morgan fingerprint density at radius 1 is 1.00 bits per heavy atom. The molecule has 2 nitrogen and oxygen atoms in total. The van der Waals surface area contributed by atoms with Gasteiger partial charge < -0.3 is 0 Å². The molecule has 0 fully saturated rings. The summed E-state index contributed by atoms with van der Waals surface area (Å²) in [6, 6.07) is 22.5. The summed E-state index contributed by atoms with van der Waals surface area (Å²) >= 11 is 0.372. The molecule has 0 amide bonds. The van der Waals surface area contributed by atoms with Crippen LogP contribution in [0.25, 0.3) is 0 Å². The Balaban J connectivity index is 1.84. The van der Waals surface area contributed by atoms with E-state index in [1.165, 1.54) is 16.1 Å². The fraction of sp³-hybridized carbons (Fsp3) is 0.350. The molecule has 3 rings (SSSR count). The van der Waals surface area contributed by atoms with Crippen molar-refractivity contribution in [3.8, 4) is 0 Å². The molecular formula is C20H25NOSeSi. The van der Waals surface area contributed by atoms with Crippen molar-refractivity contribution in [3.63, 3.8) is 0 Å². The van der Waals surface area contributed by atoms with Gasteiger partial charge in [-0.3, -0.25) is 0 Å². The Labute approximate surface area is 152 Å². The number of hydrogen-bond acceptors (Lipinski definition) is 2. The van der Waals surface area contributed by atoms with Gasteiger partial charge in [-0.25, -0.2) is 0 Å². The van der Waals surface area contributed by atoms with Gasteiger partial charge in [-0.1, -0.05) is 0 Å². The first kappa shape index (κ1) is 17.5. The summed E-state index contributed by atoms with van der Waals surface area (Å²) in [7, 11) is -1.15. The summed E-state index contributed by atoms with van der Waals surface area (Å²) in [4.78, 5) is 6.41. The normalized spacial score (nSPS) is 21.0. The fourth-order valence-electron chi connectivity index (χ4n) is 3.00. The summed E-state index contributed by atoms with van der Waals surface area (Å²) in [5, 5.41) is 4.60. The molecule has 2 atom stereocenters. The van der Waals surface area contributed by atoms with Crippen molar-refractivity contribution in [3.05, 3.63) is 66.2 Å². The number of oxime groups is 1. The van der Waals surface area contributed by atoms with Crippen LogP contribution in [0.5, 0.6) is 0 Å². The summed E-state index contributed by atoms with van der Waals surface area (Å²) in [6.07, 6.45) is 1.37. The second kappa shape index (κ2) is 7.69. The first-order valence-electron chi connectivity index (χ1n) is 8.52. The second-order valence-corrected chi connectivity index (χ2v) is 15.7. The van der Waals surface area contributed by atoms with Crippen molar-refractivity contribution in [1.29, 1.82) is 0 Å². The molecule has 0 unspecified atom stereocenters. The molecule has 1 heterocycles. The zero-order chi connectivity index (χ0) is 17.0. The zero-order valence-electron chi connectivity index (χ0n) is 14.6. The standard InChI is InChI=1S/C20H25NOSeSi/c1-24(2,3)15-17-14-19(23-18-12-8-5-9-13-18)20(21-22-17)16-10-6-4-7-11-16/h4-13,17,19H,14-15H2,1-3H3/t17-,19+/m1/s1. The van der Waals surface area contributed by atoms with Crippen molar-refractivity contribution in [2.75, 3.05) is 0 Å². The zero-order valence-corrected chi connectivity index (χ0v) is 17.3. The van der Waals surface area contributed by atoms with Gasteiger partial charge in [-0.15, -0.1) is 0 Å². The van der Waals surface area contributed by atoms with Crippen LogP contribution in [0, 0.1) is 0 Å². The topological polar surface area (TPSA) is 21.6 Å². The Morgan fingerprint density at radius 2 is 1.62 bits per heavy atom. The van der Waals surface area contributed by atoms with E-state index in [0.717, 1.165) is 12.1 Å². The Hall–Kier alpha value is -1.35. The molecule has 0 spiro atoms. The van der Waals surface area contributed by atoms with Crippen LogP contribution in [-0.2, 0) is 4.84 Å². The van der Waals surface area contributed by atoms with Crippen LogP contribution < -0.4 is 4.46 Å².